The molecular weight excluding hydrogens is 334 g/mol. The second kappa shape index (κ2) is 6.21. The number of aryl methyl sites for hydroxylation is 2. The predicted octanol–water partition coefficient (Wildman–Crippen LogP) is 1.74. The Balaban J connectivity index is 1.79. The molecule has 1 amide bonds. The van der Waals surface area contributed by atoms with Crippen molar-refractivity contribution in [3.63, 3.8) is 0 Å². The molecule has 0 atom stereocenters. The summed E-state index contributed by atoms with van der Waals surface area (Å²) in [4.78, 5) is 11.7. The predicted molar refractivity (Wildman–Crippen MR) is 74.6 cm³/mol. The van der Waals surface area contributed by atoms with Gasteiger partial charge in [-0.05, 0) is 15.9 Å². The number of amides is 1. The number of nitrogens with zero attached hydrogens (tertiary/aromatic N) is 4. The van der Waals surface area contributed by atoms with Crippen LogP contribution in [0.1, 0.15) is 12.1 Å². The Hall–Kier alpha value is -1.34. The van der Waals surface area contributed by atoms with Crippen LogP contribution in [0.5, 0.6) is 0 Å². The van der Waals surface area contributed by atoms with Gasteiger partial charge in [0.25, 0.3) is 0 Å². The Kier molecular flexibility index (Phi) is 4.60. The van der Waals surface area contributed by atoms with Crippen LogP contribution in [0.2, 0.25) is 5.02 Å². The maximum atomic E-state index is 11.7. The van der Waals surface area contributed by atoms with E-state index in [0.29, 0.717) is 24.5 Å². The standard InChI is InChI=1S/C11H13BrClN5O/c1-17-10(9(12)5-15-17)6-14-11(19)2-3-18-7-8(13)4-16-18/h4-5,7H,2-3,6H2,1H3,(H,14,19). The Morgan fingerprint density at radius 2 is 2.26 bits per heavy atom. The fourth-order valence-electron chi connectivity index (χ4n) is 1.58. The van der Waals surface area contributed by atoms with Crippen LogP contribution in [0.15, 0.2) is 23.1 Å². The minimum Gasteiger partial charge on any atom is -0.350 e. The monoisotopic (exact) mass is 345 g/mol. The zero-order valence-electron chi connectivity index (χ0n) is 10.3. The number of rotatable bonds is 5. The lowest BCUT2D eigenvalue weighted by Gasteiger charge is -2.06. The van der Waals surface area contributed by atoms with Gasteiger partial charge in [-0.25, -0.2) is 0 Å². The highest BCUT2D eigenvalue weighted by atomic mass is 79.9. The fourth-order valence-corrected chi connectivity index (χ4v) is 2.23. The number of carbonyl (C=O) groups excluding carboxylic acids is 1. The SMILES string of the molecule is Cn1ncc(Br)c1CNC(=O)CCn1cc(Cl)cn1. The summed E-state index contributed by atoms with van der Waals surface area (Å²) >= 11 is 9.12. The van der Waals surface area contributed by atoms with Crippen LogP contribution in [0, 0.1) is 0 Å². The van der Waals surface area contributed by atoms with Gasteiger partial charge in [-0.1, -0.05) is 11.6 Å². The van der Waals surface area contributed by atoms with Crippen molar-refractivity contribution < 1.29 is 4.79 Å². The number of carbonyl (C=O) groups is 1. The van der Waals surface area contributed by atoms with Crippen LogP contribution in [0.3, 0.4) is 0 Å². The first-order chi connectivity index (χ1) is 9.06. The molecule has 0 spiro atoms. The van der Waals surface area contributed by atoms with Crippen molar-refractivity contribution in [3.05, 3.63) is 33.8 Å². The molecule has 0 radical (unpaired) electrons. The molecule has 0 saturated heterocycles. The van der Waals surface area contributed by atoms with Gasteiger partial charge in [0.15, 0.2) is 0 Å². The van der Waals surface area contributed by atoms with E-state index in [1.807, 2.05) is 7.05 Å². The number of halogens is 2. The minimum absolute atomic E-state index is 0.0419. The van der Waals surface area contributed by atoms with Gasteiger partial charge in [0.05, 0.1) is 34.1 Å². The van der Waals surface area contributed by atoms with Crippen molar-refractivity contribution in [3.8, 4) is 0 Å². The van der Waals surface area contributed by atoms with Gasteiger partial charge >= 0.3 is 0 Å². The Morgan fingerprint density at radius 1 is 1.47 bits per heavy atom. The Labute approximate surface area is 123 Å². The molecule has 0 fully saturated rings. The zero-order chi connectivity index (χ0) is 13.8. The number of aromatic nitrogens is 4. The van der Waals surface area contributed by atoms with Gasteiger partial charge in [-0.3, -0.25) is 14.2 Å². The first-order valence-electron chi connectivity index (χ1n) is 5.67. The molecule has 0 saturated carbocycles. The topological polar surface area (TPSA) is 64.7 Å². The summed E-state index contributed by atoms with van der Waals surface area (Å²) in [7, 11) is 1.83. The van der Waals surface area contributed by atoms with Crippen LogP contribution in [-0.2, 0) is 24.9 Å². The van der Waals surface area contributed by atoms with E-state index in [2.05, 4.69) is 31.4 Å². The van der Waals surface area contributed by atoms with E-state index in [4.69, 9.17) is 11.6 Å². The van der Waals surface area contributed by atoms with Gasteiger partial charge in [0.2, 0.25) is 5.91 Å². The smallest absolute Gasteiger partial charge is 0.222 e. The minimum atomic E-state index is -0.0419. The van der Waals surface area contributed by atoms with Gasteiger partial charge in [-0.2, -0.15) is 10.2 Å². The summed E-state index contributed by atoms with van der Waals surface area (Å²) in [6.07, 6.45) is 5.29. The van der Waals surface area contributed by atoms with Crippen LogP contribution in [-0.4, -0.2) is 25.5 Å². The summed E-state index contributed by atoms with van der Waals surface area (Å²) in [5.41, 5.74) is 0.926. The molecule has 0 aliphatic rings. The normalized spacial score (nSPS) is 10.7. The first-order valence-corrected chi connectivity index (χ1v) is 6.84. The molecule has 2 aromatic heterocycles. The summed E-state index contributed by atoms with van der Waals surface area (Å²) in [5, 5.41) is 11.5. The van der Waals surface area contributed by atoms with Gasteiger partial charge in [0.1, 0.15) is 0 Å². The molecule has 1 N–H and O–H groups in total. The van der Waals surface area contributed by atoms with E-state index in [1.54, 1.807) is 28.0 Å². The van der Waals surface area contributed by atoms with Crippen LogP contribution < -0.4 is 5.32 Å². The molecular formula is C11H13BrClN5O. The lowest BCUT2D eigenvalue weighted by Crippen LogP contribution is -2.25. The third kappa shape index (κ3) is 3.81. The van der Waals surface area contributed by atoms with E-state index in [-0.39, 0.29) is 5.91 Å². The highest BCUT2D eigenvalue weighted by Crippen LogP contribution is 2.14. The van der Waals surface area contributed by atoms with Crippen molar-refractivity contribution in [2.24, 2.45) is 7.05 Å². The van der Waals surface area contributed by atoms with Gasteiger partial charge < -0.3 is 5.32 Å². The molecule has 0 aliphatic carbocycles. The van der Waals surface area contributed by atoms with Crippen molar-refractivity contribution >= 4 is 33.4 Å². The van der Waals surface area contributed by atoms with Crippen LogP contribution in [0.4, 0.5) is 0 Å². The van der Waals surface area contributed by atoms with E-state index >= 15 is 0 Å². The highest BCUT2D eigenvalue weighted by Gasteiger charge is 2.08. The van der Waals surface area contributed by atoms with E-state index in [9.17, 15) is 4.79 Å². The summed E-state index contributed by atoms with van der Waals surface area (Å²) in [6.45, 7) is 0.945. The second-order valence-corrected chi connectivity index (χ2v) is 5.30. The first kappa shape index (κ1) is 14.1. The largest absolute Gasteiger partial charge is 0.350 e. The van der Waals surface area contributed by atoms with Crippen molar-refractivity contribution in [1.82, 2.24) is 24.9 Å². The molecule has 102 valence electrons. The van der Waals surface area contributed by atoms with E-state index in [1.165, 1.54) is 0 Å². The Morgan fingerprint density at radius 3 is 2.84 bits per heavy atom. The molecule has 0 aromatic carbocycles. The molecule has 0 aliphatic heterocycles. The maximum absolute atomic E-state index is 11.7. The zero-order valence-corrected chi connectivity index (χ0v) is 12.6. The third-order valence-electron chi connectivity index (χ3n) is 2.63. The van der Waals surface area contributed by atoms with E-state index in [0.717, 1.165) is 10.2 Å². The maximum Gasteiger partial charge on any atom is 0.222 e. The van der Waals surface area contributed by atoms with Crippen molar-refractivity contribution in [1.29, 1.82) is 0 Å². The third-order valence-corrected chi connectivity index (χ3v) is 3.49. The summed E-state index contributed by atoms with van der Waals surface area (Å²) < 4.78 is 4.24. The van der Waals surface area contributed by atoms with Crippen molar-refractivity contribution in [2.75, 3.05) is 0 Å². The van der Waals surface area contributed by atoms with E-state index < -0.39 is 0 Å². The lowest BCUT2D eigenvalue weighted by molar-refractivity contribution is -0.121. The highest BCUT2D eigenvalue weighted by molar-refractivity contribution is 9.10. The summed E-state index contributed by atoms with van der Waals surface area (Å²) in [6, 6.07) is 0. The quantitative estimate of drug-likeness (QED) is 0.897. The summed E-state index contributed by atoms with van der Waals surface area (Å²) in [5.74, 6) is -0.0419. The average molecular weight is 347 g/mol. The molecule has 2 rings (SSSR count). The molecule has 6 nitrogen and oxygen atoms in total. The van der Waals surface area contributed by atoms with Crippen molar-refractivity contribution in [2.45, 2.75) is 19.5 Å². The average Bonchev–Trinajstić information content (AvgIpc) is 2.92. The molecule has 2 heterocycles. The van der Waals surface area contributed by atoms with Crippen LogP contribution in [0.25, 0.3) is 0 Å². The number of hydrogen-bond donors (Lipinski definition) is 1. The van der Waals surface area contributed by atoms with Gasteiger partial charge in [0, 0.05) is 26.2 Å². The molecule has 19 heavy (non-hydrogen) atoms. The molecule has 8 heteroatoms. The number of nitrogens with one attached hydrogen (secondary N) is 1. The molecule has 0 bridgehead atoms. The Bertz CT molecular complexity index is 560. The molecule has 0 unspecified atom stereocenters. The van der Waals surface area contributed by atoms with Gasteiger partial charge in [-0.15, -0.1) is 0 Å². The fraction of sp³-hybridized carbons (Fsp3) is 0.364. The van der Waals surface area contributed by atoms with Crippen LogP contribution >= 0.6 is 27.5 Å². The second-order valence-electron chi connectivity index (χ2n) is 4.01. The molecule has 2 aromatic rings. The lowest BCUT2D eigenvalue weighted by atomic mass is 10.3. The number of hydrogen-bond acceptors (Lipinski definition) is 3.